The maximum absolute atomic E-state index is 13.7. The van der Waals surface area contributed by atoms with Crippen LogP contribution in [0.1, 0.15) is 47.2 Å². The van der Waals surface area contributed by atoms with Crippen LogP contribution in [0.4, 0.5) is 13.2 Å². The van der Waals surface area contributed by atoms with E-state index in [9.17, 15) is 21.6 Å². The van der Waals surface area contributed by atoms with Crippen LogP contribution in [0.15, 0.2) is 65.7 Å². The Labute approximate surface area is 178 Å². The molecule has 31 heavy (non-hydrogen) atoms. The van der Waals surface area contributed by atoms with Crippen molar-refractivity contribution >= 4 is 10.0 Å². The average molecular weight is 447 g/mol. The van der Waals surface area contributed by atoms with E-state index < -0.39 is 21.8 Å². The molecule has 0 saturated carbocycles. The van der Waals surface area contributed by atoms with E-state index in [1.54, 1.807) is 6.20 Å². The Bertz CT molecular complexity index is 1190. The normalized spacial score (nSPS) is 24.0. The van der Waals surface area contributed by atoms with E-state index in [1.165, 1.54) is 4.31 Å². The van der Waals surface area contributed by atoms with Gasteiger partial charge in [-0.05, 0) is 42.7 Å². The molecule has 162 valence electrons. The topological polar surface area (TPSA) is 66.1 Å². The number of nitrogens with zero attached hydrogens (tertiary/aromatic N) is 2. The van der Waals surface area contributed by atoms with E-state index >= 15 is 0 Å². The van der Waals surface area contributed by atoms with Crippen molar-refractivity contribution in [2.24, 2.45) is 0 Å². The van der Waals surface area contributed by atoms with Gasteiger partial charge in [0.05, 0.1) is 22.7 Å². The van der Waals surface area contributed by atoms with Crippen molar-refractivity contribution in [3.63, 3.8) is 0 Å². The summed E-state index contributed by atoms with van der Waals surface area (Å²) in [6.07, 6.45) is -0.945. The van der Waals surface area contributed by atoms with Gasteiger partial charge in [0.1, 0.15) is 0 Å². The number of nitrogens with one attached hydrogen (secondary N) is 1. The first kappa shape index (κ1) is 20.3. The summed E-state index contributed by atoms with van der Waals surface area (Å²) in [7, 11) is -4.02. The molecule has 1 fully saturated rings. The summed E-state index contributed by atoms with van der Waals surface area (Å²) in [6, 6.07) is 12.8. The van der Waals surface area contributed by atoms with Gasteiger partial charge in [-0.2, -0.15) is 22.6 Å². The summed E-state index contributed by atoms with van der Waals surface area (Å²) < 4.78 is 67.7. The van der Waals surface area contributed by atoms with Crippen molar-refractivity contribution in [2.45, 2.75) is 48.3 Å². The van der Waals surface area contributed by atoms with Gasteiger partial charge in [0.2, 0.25) is 10.0 Å². The number of H-pyrrole nitrogens is 1. The lowest BCUT2D eigenvalue weighted by Crippen LogP contribution is -2.52. The van der Waals surface area contributed by atoms with Crippen LogP contribution in [-0.4, -0.2) is 29.0 Å². The Morgan fingerprint density at radius 1 is 1.00 bits per heavy atom. The third kappa shape index (κ3) is 3.36. The lowest BCUT2D eigenvalue weighted by atomic mass is 9.75. The highest BCUT2D eigenvalue weighted by Crippen LogP contribution is 2.49. The van der Waals surface area contributed by atoms with E-state index in [1.807, 2.05) is 30.3 Å². The van der Waals surface area contributed by atoms with Crippen LogP contribution in [0.5, 0.6) is 0 Å². The standard InChI is InChI=1S/C22H20F3N3O2S/c23-22(24,25)15-6-8-16(9-7-15)31(29,30)28-20-11-10-17(14-4-2-1-3-5-14)21(28)12-19-18(20)13-26-27-19/h1-9,13,17,20-21H,10-12H2,(H,26,27)/t17-,20?,21?/m0/s1. The van der Waals surface area contributed by atoms with Gasteiger partial charge in [0, 0.05) is 29.6 Å². The Kier molecular flexibility index (Phi) is 4.71. The van der Waals surface area contributed by atoms with Gasteiger partial charge >= 0.3 is 6.18 Å². The van der Waals surface area contributed by atoms with E-state index in [0.29, 0.717) is 12.8 Å². The van der Waals surface area contributed by atoms with Gasteiger partial charge in [-0.25, -0.2) is 8.42 Å². The maximum Gasteiger partial charge on any atom is 0.416 e. The Balaban J connectivity index is 1.59. The Morgan fingerprint density at radius 3 is 2.39 bits per heavy atom. The van der Waals surface area contributed by atoms with Gasteiger partial charge in [-0.3, -0.25) is 5.10 Å². The molecule has 2 aromatic carbocycles. The number of hydrogen-bond acceptors (Lipinski definition) is 3. The number of halogens is 3. The lowest BCUT2D eigenvalue weighted by molar-refractivity contribution is -0.137. The largest absolute Gasteiger partial charge is 0.416 e. The van der Waals surface area contributed by atoms with Crippen molar-refractivity contribution in [3.8, 4) is 0 Å². The summed E-state index contributed by atoms with van der Waals surface area (Å²) in [5, 5.41) is 7.12. The highest BCUT2D eigenvalue weighted by atomic mass is 32.2. The molecule has 5 nitrogen and oxygen atoms in total. The predicted octanol–water partition coefficient (Wildman–Crippen LogP) is 4.66. The van der Waals surface area contributed by atoms with Gasteiger partial charge in [0.15, 0.2) is 0 Å². The number of aromatic amines is 1. The third-order valence-electron chi connectivity index (χ3n) is 6.36. The summed E-state index contributed by atoms with van der Waals surface area (Å²) >= 11 is 0. The second-order valence-electron chi connectivity index (χ2n) is 8.04. The molecule has 1 N–H and O–H groups in total. The SMILES string of the molecule is O=S(=O)(c1ccc(C(F)(F)F)cc1)N1C2CC[C@@H](c3ccccc3)C1Cc1[nH]ncc12. The minimum atomic E-state index is -4.52. The zero-order valence-corrected chi connectivity index (χ0v) is 17.2. The highest BCUT2D eigenvalue weighted by molar-refractivity contribution is 7.89. The molecule has 3 aromatic rings. The minimum Gasteiger partial charge on any atom is -0.282 e. The maximum atomic E-state index is 13.7. The van der Waals surface area contributed by atoms with Gasteiger partial charge < -0.3 is 0 Å². The Morgan fingerprint density at radius 2 is 1.71 bits per heavy atom. The molecule has 1 aromatic heterocycles. The van der Waals surface area contributed by atoms with Crippen molar-refractivity contribution in [1.82, 2.24) is 14.5 Å². The fraction of sp³-hybridized carbons (Fsp3) is 0.318. The van der Waals surface area contributed by atoms with Gasteiger partial charge in [-0.1, -0.05) is 30.3 Å². The second kappa shape index (κ2) is 7.20. The molecule has 0 spiro atoms. The molecule has 2 aliphatic rings. The molecule has 9 heteroatoms. The fourth-order valence-electron chi connectivity index (χ4n) is 4.94. The van der Waals surface area contributed by atoms with Crippen LogP contribution in [0.25, 0.3) is 0 Å². The number of rotatable bonds is 3. The number of fused-ring (bicyclic) bond motifs is 4. The van der Waals surface area contributed by atoms with E-state index in [-0.39, 0.29) is 22.9 Å². The molecule has 2 unspecified atom stereocenters. The average Bonchev–Trinajstić information content (AvgIpc) is 3.22. The minimum absolute atomic E-state index is 0.0156. The molecule has 3 heterocycles. The molecular formula is C22H20F3N3O2S. The van der Waals surface area contributed by atoms with E-state index in [4.69, 9.17) is 0 Å². The van der Waals surface area contributed by atoms with E-state index in [2.05, 4.69) is 10.2 Å². The summed E-state index contributed by atoms with van der Waals surface area (Å²) in [6.45, 7) is 0. The van der Waals surface area contributed by atoms with Crippen LogP contribution in [0.3, 0.4) is 0 Å². The Hall–Kier alpha value is -2.65. The second-order valence-corrected chi connectivity index (χ2v) is 9.89. The number of sulfonamides is 1. The van der Waals surface area contributed by atoms with Crippen LogP contribution < -0.4 is 0 Å². The van der Waals surface area contributed by atoms with E-state index in [0.717, 1.165) is 47.5 Å². The molecule has 2 bridgehead atoms. The third-order valence-corrected chi connectivity index (χ3v) is 8.31. The zero-order valence-electron chi connectivity index (χ0n) is 16.4. The first-order valence-electron chi connectivity index (χ1n) is 10.0. The zero-order chi connectivity index (χ0) is 21.8. The summed E-state index contributed by atoms with van der Waals surface area (Å²) in [5.74, 6) is -0.0156. The molecule has 0 amide bonds. The monoisotopic (exact) mass is 447 g/mol. The number of piperidine rings is 1. The smallest absolute Gasteiger partial charge is 0.282 e. The molecular weight excluding hydrogens is 427 g/mol. The van der Waals surface area contributed by atoms with Crippen molar-refractivity contribution in [3.05, 3.63) is 83.2 Å². The van der Waals surface area contributed by atoms with Crippen molar-refractivity contribution in [2.75, 3.05) is 0 Å². The van der Waals surface area contributed by atoms with Crippen LogP contribution in [0, 0.1) is 0 Å². The van der Waals surface area contributed by atoms with Gasteiger partial charge in [0.25, 0.3) is 0 Å². The molecule has 2 aliphatic heterocycles. The summed E-state index contributed by atoms with van der Waals surface area (Å²) in [4.78, 5) is -0.129. The predicted molar refractivity (Wildman–Crippen MR) is 108 cm³/mol. The number of aromatic nitrogens is 2. The van der Waals surface area contributed by atoms with Crippen molar-refractivity contribution < 1.29 is 21.6 Å². The molecule has 3 atom stereocenters. The first-order valence-corrected chi connectivity index (χ1v) is 11.5. The number of alkyl halides is 3. The lowest BCUT2D eigenvalue weighted by Gasteiger charge is -2.48. The van der Waals surface area contributed by atoms with Crippen LogP contribution in [-0.2, 0) is 22.6 Å². The van der Waals surface area contributed by atoms with Crippen LogP contribution in [0.2, 0.25) is 0 Å². The quantitative estimate of drug-likeness (QED) is 0.635. The number of benzene rings is 2. The van der Waals surface area contributed by atoms with Crippen molar-refractivity contribution in [1.29, 1.82) is 0 Å². The number of hydrogen-bond donors (Lipinski definition) is 1. The molecule has 1 saturated heterocycles. The molecule has 0 aliphatic carbocycles. The summed E-state index contributed by atoms with van der Waals surface area (Å²) in [5.41, 5.74) is 1.96. The molecule has 5 rings (SSSR count). The fourth-order valence-corrected chi connectivity index (χ4v) is 6.80. The first-order chi connectivity index (χ1) is 14.8. The van der Waals surface area contributed by atoms with Crippen LogP contribution >= 0.6 is 0 Å². The molecule has 0 radical (unpaired) electrons. The highest BCUT2D eigenvalue weighted by Gasteiger charge is 2.49. The van der Waals surface area contributed by atoms with Gasteiger partial charge in [-0.15, -0.1) is 0 Å².